The van der Waals surface area contributed by atoms with Crippen LogP contribution in [0.2, 0.25) is 0 Å². The molecule has 0 spiro atoms. The topological polar surface area (TPSA) is 70.6 Å². The Morgan fingerprint density at radius 2 is 2.00 bits per heavy atom. The molecule has 19 heavy (non-hydrogen) atoms. The number of carbonyl (C=O) groups is 1. The maximum Gasteiger partial charge on any atom is 0.236 e. The Bertz CT molecular complexity index is 267. The van der Waals surface area contributed by atoms with E-state index in [0.717, 1.165) is 6.61 Å². The Morgan fingerprint density at radius 1 is 1.32 bits per heavy atom. The largest absolute Gasteiger partial charge is 0.389 e. The van der Waals surface area contributed by atoms with Crippen LogP contribution in [0.1, 0.15) is 33.6 Å². The molecule has 5 nitrogen and oxygen atoms in total. The summed E-state index contributed by atoms with van der Waals surface area (Å²) in [4.78, 5) is 11.7. The summed E-state index contributed by atoms with van der Waals surface area (Å²) in [7, 11) is 0. The highest BCUT2D eigenvalue weighted by Crippen LogP contribution is 2.28. The molecule has 1 fully saturated rings. The zero-order valence-electron chi connectivity index (χ0n) is 12.3. The quantitative estimate of drug-likeness (QED) is 0.542. The molecule has 1 rings (SSSR count). The molecule has 5 heteroatoms. The minimum Gasteiger partial charge on any atom is -0.389 e. The number of aliphatic hydroxyl groups is 1. The summed E-state index contributed by atoms with van der Waals surface area (Å²) < 4.78 is 5.40. The van der Waals surface area contributed by atoms with Gasteiger partial charge in [0.25, 0.3) is 0 Å². The summed E-state index contributed by atoms with van der Waals surface area (Å²) >= 11 is 0. The van der Waals surface area contributed by atoms with Crippen molar-refractivity contribution in [2.75, 3.05) is 26.3 Å². The van der Waals surface area contributed by atoms with Gasteiger partial charge in [-0.15, -0.1) is 0 Å². The fourth-order valence-electron chi connectivity index (χ4n) is 1.58. The van der Waals surface area contributed by atoms with Crippen molar-refractivity contribution < 1.29 is 14.6 Å². The van der Waals surface area contributed by atoms with E-state index in [9.17, 15) is 9.90 Å². The molecule has 2 atom stereocenters. The van der Waals surface area contributed by atoms with E-state index in [2.05, 4.69) is 24.5 Å². The summed E-state index contributed by atoms with van der Waals surface area (Å²) in [6.07, 6.45) is 1.95. The van der Waals surface area contributed by atoms with Gasteiger partial charge in [0.15, 0.2) is 0 Å². The lowest BCUT2D eigenvalue weighted by atomic mass is 10.2. The Hall–Kier alpha value is -0.650. The van der Waals surface area contributed by atoms with E-state index < -0.39 is 6.10 Å². The second-order valence-corrected chi connectivity index (χ2v) is 5.90. The molecule has 1 aliphatic carbocycles. The van der Waals surface area contributed by atoms with Gasteiger partial charge in [-0.1, -0.05) is 13.8 Å². The van der Waals surface area contributed by atoms with Crippen LogP contribution in [0, 0.1) is 11.8 Å². The van der Waals surface area contributed by atoms with Crippen molar-refractivity contribution in [3.63, 3.8) is 0 Å². The van der Waals surface area contributed by atoms with Gasteiger partial charge >= 0.3 is 0 Å². The minimum atomic E-state index is -0.556. The Kier molecular flexibility index (Phi) is 7.34. The van der Waals surface area contributed by atoms with Crippen LogP contribution in [-0.2, 0) is 9.53 Å². The molecule has 1 aliphatic rings. The van der Waals surface area contributed by atoms with Gasteiger partial charge in [-0.2, -0.15) is 0 Å². The molecule has 0 radical (unpaired) electrons. The fraction of sp³-hybridized carbons (Fsp3) is 0.929. The molecule has 0 aromatic carbocycles. The number of hydrogen-bond acceptors (Lipinski definition) is 4. The number of rotatable bonds is 10. The van der Waals surface area contributed by atoms with Crippen LogP contribution in [-0.4, -0.2) is 49.5 Å². The molecule has 2 unspecified atom stereocenters. The van der Waals surface area contributed by atoms with E-state index in [0.29, 0.717) is 31.5 Å². The molecular weight excluding hydrogens is 244 g/mol. The summed E-state index contributed by atoms with van der Waals surface area (Å²) in [5.41, 5.74) is 0. The first-order valence-electron chi connectivity index (χ1n) is 7.26. The standard InChI is InChI=1S/C14H28N2O3/c1-10(2)6-16-14(18)11(3)15-7-13(17)9-19-8-12-4-5-12/h10-13,15,17H,4-9H2,1-3H3,(H,16,18). The molecule has 1 saturated carbocycles. The smallest absolute Gasteiger partial charge is 0.236 e. The number of hydrogen-bond donors (Lipinski definition) is 3. The SMILES string of the molecule is CC(C)CNC(=O)C(C)NCC(O)COCC1CC1. The van der Waals surface area contributed by atoms with Gasteiger partial charge in [-0.3, -0.25) is 4.79 Å². The van der Waals surface area contributed by atoms with E-state index in [1.807, 2.05) is 0 Å². The lowest BCUT2D eigenvalue weighted by molar-refractivity contribution is -0.123. The normalized spacial score (nSPS) is 18.4. The third-order valence-corrected chi connectivity index (χ3v) is 3.10. The van der Waals surface area contributed by atoms with Crippen LogP contribution in [0.5, 0.6) is 0 Å². The molecule has 0 aromatic heterocycles. The van der Waals surface area contributed by atoms with E-state index >= 15 is 0 Å². The highest BCUT2D eigenvalue weighted by Gasteiger charge is 2.21. The fourth-order valence-corrected chi connectivity index (χ4v) is 1.58. The predicted molar refractivity (Wildman–Crippen MR) is 74.9 cm³/mol. The Morgan fingerprint density at radius 3 is 2.58 bits per heavy atom. The number of nitrogens with one attached hydrogen (secondary N) is 2. The van der Waals surface area contributed by atoms with Crippen LogP contribution in [0.3, 0.4) is 0 Å². The highest BCUT2D eigenvalue weighted by molar-refractivity contribution is 5.81. The molecule has 3 N–H and O–H groups in total. The summed E-state index contributed by atoms with van der Waals surface area (Å²) in [5.74, 6) is 1.12. The number of aliphatic hydroxyl groups excluding tert-OH is 1. The number of carbonyl (C=O) groups excluding carboxylic acids is 1. The molecule has 1 amide bonds. The molecule has 0 heterocycles. The average molecular weight is 272 g/mol. The van der Waals surface area contributed by atoms with Gasteiger partial charge < -0.3 is 20.5 Å². The zero-order valence-corrected chi connectivity index (χ0v) is 12.3. The summed E-state index contributed by atoms with van der Waals surface area (Å²) in [5, 5.41) is 15.6. The van der Waals surface area contributed by atoms with Crippen molar-refractivity contribution in [3.8, 4) is 0 Å². The lowest BCUT2D eigenvalue weighted by Crippen LogP contribution is -2.46. The molecular formula is C14H28N2O3. The number of ether oxygens (including phenoxy) is 1. The van der Waals surface area contributed by atoms with Crippen molar-refractivity contribution in [1.82, 2.24) is 10.6 Å². The monoisotopic (exact) mass is 272 g/mol. The maximum atomic E-state index is 11.7. The Balaban J connectivity index is 2.03. The Labute approximate surface area is 116 Å². The molecule has 0 bridgehead atoms. The second-order valence-electron chi connectivity index (χ2n) is 5.90. The van der Waals surface area contributed by atoms with Gasteiger partial charge in [0.05, 0.1) is 18.8 Å². The summed E-state index contributed by atoms with van der Waals surface area (Å²) in [6, 6.07) is -0.295. The van der Waals surface area contributed by atoms with Crippen molar-refractivity contribution in [3.05, 3.63) is 0 Å². The van der Waals surface area contributed by atoms with E-state index in [4.69, 9.17) is 4.74 Å². The molecule has 0 aliphatic heterocycles. The van der Waals surface area contributed by atoms with E-state index in [1.165, 1.54) is 12.8 Å². The lowest BCUT2D eigenvalue weighted by Gasteiger charge is -2.17. The molecule has 112 valence electrons. The van der Waals surface area contributed by atoms with Crippen molar-refractivity contribution in [2.24, 2.45) is 11.8 Å². The van der Waals surface area contributed by atoms with E-state index in [-0.39, 0.29) is 11.9 Å². The van der Waals surface area contributed by atoms with Crippen molar-refractivity contribution in [1.29, 1.82) is 0 Å². The molecule has 0 saturated heterocycles. The number of amides is 1. The van der Waals surface area contributed by atoms with Gasteiger partial charge in [0, 0.05) is 19.7 Å². The van der Waals surface area contributed by atoms with Crippen LogP contribution in [0.4, 0.5) is 0 Å². The van der Waals surface area contributed by atoms with Crippen LogP contribution in [0.25, 0.3) is 0 Å². The predicted octanol–water partition coefficient (Wildman–Crippen LogP) is 0.524. The first-order chi connectivity index (χ1) is 8.99. The van der Waals surface area contributed by atoms with E-state index in [1.54, 1.807) is 6.92 Å². The van der Waals surface area contributed by atoms with Crippen LogP contribution in [0.15, 0.2) is 0 Å². The van der Waals surface area contributed by atoms with Gasteiger partial charge in [-0.25, -0.2) is 0 Å². The highest BCUT2D eigenvalue weighted by atomic mass is 16.5. The third kappa shape index (κ3) is 8.18. The zero-order chi connectivity index (χ0) is 14.3. The van der Waals surface area contributed by atoms with Crippen LogP contribution >= 0.6 is 0 Å². The van der Waals surface area contributed by atoms with Gasteiger partial charge in [0.2, 0.25) is 5.91 Å². The molecule has 0 aromatic rings. The maximum absolute atomic E-state index is 11.7. The van der Waals surface area contributed by atoms with Crippen LogP contribution < -0.4 is 10.6 Å². The van der Waals surface area contributed by atoms with Gasteiger partial charge in [0.1, 0.15) is 0 Å². The minimum absolute atomic E-state index is 0.0280. The summed E-state index contributed by atoms with van der Waals surface area (Å²) in [6.45, 7) is 8.05. The van der Waals surface area contributed by atoms with Crippen molar-refractivity contribution >= 4 is 5.91 Å². The first-order valence-corrected chi connectivity index (χ1v) is 7.26. The average Bonchev–Trinajstić information content (AvgIpc) is 3.17. The first kappa shape index (κ1) is 16.4. The third-order valence-electron chi connectivity index (χ3n) is 3.10. The second kappa shape index (κ2) is 8.51. The van der Waals surface area contributed by atoms with Gasteiger partial charge in [-0.05, 0) is 31.6 Å². The van der Waals surface area contributed by atoms with Crippen molar-refractivity contribution in [2.45, 2.75) is 45.8 Å².